The summed E-state index contributed by atoms with van der Waals surface area (Å²) in [4.78, 5) is 22.1. The molecule has 76 valence electrons. The van der Waals surface area contributed by atoms with Gasteiger partial charge in [-0.1, -0.05) is 6.92 Å². The first-order valence-electron chi connectivity index (χ1n) is 4.32. The van der Waals surface area contributed by atoms with Crippen molar-refractivity contribution in [1.29, 1.82) is 0 Å². The number of carbonyl (C=O) groups excluding carboxylic acids is 2. The van der Waals surface area contributed by atoms with Crippen LogP contribution in [0.2, 0.25) is 0 Å². The monoisotopic (exact) mass is 187 g/mol. The highest BCUT2D eigenvalue weighted by atomic mass is 16.5. The van der Waals surface area contributed by atoms with Gasteiger partial charge in [0.25, 0.3) is 5.91 Å². The number of nitrogens with one attached hydrogen (secondary N) is 1. The van der Waals surface area contributed by atoms with Crippen molar-refractivity contribution < 1.29 is 14.3 Å². The molecule has 13 heavy (non-hydrogen) atoms. The van der Waals surface area contributed by atoms with Crippen LogP contribution in [0.1, 0.15) is 27.2 Å². The van der Waals surface area contributed by atoms with E-state index in [0.717, 1.165) is 0 Å². The smallest absolute Gasteiger partial charge is 0.312 e. The van der Waals surface area contributed by atoms with E-state index in [4.69, 9.17) is 4.74 Å². The third-order valence-electron chi connectivity index (χ3n) is 2.05. The highest BCUT2D eigenvalue weighted by Crippen LogP contribution is 2.21. The molecule has 0 spiro atoms. The van der Waals surface area contributed by atoms with Crippen LogP contribution in [0.15, 0.2) is 0 Å². The van der Waals surface area contributed by atoms with Gasteiger partial charge in [-0.25, -0.2) is 0 Å². The first kappa shape index (κ1) is 11.9. The molecule has 4 nitrogen and oxygen atoms in total. The number of hydrogen-bond acceptors (Lipinski definition) is 3. The van der Waals surface area contributed by atoms with Crippen molar-refractivity contribution in [2.45, 2.75) is 27.2 Å². The molecule has 1 N–H and O–H groups in total. The molecule has 0 heterocycles. The van der Waals surface area contributed by atoms with Gasteiger partial charge in [-0.2, -0.15) is 0 Å². The summed E-state index contributed by atoms with van der Waals surface area (Å²) in [5.74, 6) is -0.626. The minimum Gasteiger partial charge on any atom is -0.455 e. The third kappa shape index (κ3) is 3.92. The Balaban J connectivity index is 3.95. The van der Waals surface area contributed by atoms with E-state index in [1.54, 1.807) is 13.8 Å². The van der Waals surface area contributed by atoms with E-state index in [9.17, 15) is 9.59 Å². The zero-order chi connectivity index (χ0) is 10.5. The highest BCUT2D eigenvalue weighted by molar-refractivity contribution is 5.82. The van der Waals surface area contributed by atoms with Gasteiger partial charge >= 0.3 is 5.97 Å². The molecule has 0 fully saturated rings. The van der Waals surface area contributed by atoms with Gasteiger partial charge in [0.1, 0.15) is 0 Å². The van der Waals surface area contributed by atoms with Crippen molar-refractivity contribution >= 4 is 11.9 Å². The Labute approximate surface area is 78.6 Å². The van der Waals surface area contributed by atoms with Crippen molar-refractivity contribution in [2.24, 2.45) is 5.41 Å². The van der Waals surface area contributed by atoms with E-state index in [1.807, 2.05) is 6.92 Å². The number of ether oxygens (including phenoxy) is 1. The Kier molecular flexibility index (Phi) is 4.45. The SMILES string of the molecule is CCC(C)(C)C(=O)OCC(=O)NC. The second-order valence-electron chi connectivity index (χ2n) is 3.49. The molecule has 0 saturated carbocycles. The maximum atomic E-state index is 11.3. The van der Waals surface area contributed by atoms with Crippen LogP contribution in [-0.4, -0.2) is 25.5 Å². The molecule has 4 heteroatoms. The highest BCUT2D eigenvalue weighted by Gasteiger charge is 2.27. The second-order valence-corrected chi connectivity index (χ2v) is 3.49. The van der Waals surface area contributed by atoms with Crippen LogP contribution in [0.5, 0.6) is 0 Å². The summed E-state index contributed by atoms with van der Waals surface area (Å²) in [7, 11) is 1.50. The fraction of sp³-hybridized carbons (Fsp3) is 0.778. The fourth-order valence-corrected chi connectivity index (χ4v) is 0.543. The van der Waals surface area contributed by atoms with Crippen molar-refractivity contribution in [3.8, 4) is 0 Å². The van der Waals surface area contributed by atoms with Crippen LogP contribution in [-0.2, 0) is 14.3 Å². The molecule has 0 saturated heterocycles. The van der Waals surface area contributed by atoms with E-state index in [1.165, 1.54) is 7.05 Å². The van der Waals surface area contributed by atoms with E-state index < -0.39 is 5.41 Å². The lowest BCUT2D eigenvalue weighted by molar-refractivity contribution is -0.157. The van der Waals surface area contributed by atoms with Gasteiger partial charge in [-0.3, -0.25) is 9.59 Å². The van der Waals surface area contributed by atoms with E-state index >= 15 is 0 Å². The molecule has 0 unspecified atom stereocenters. The number of likely N-dealkylation sites (N-methyl/N-ethyl adjacent to an activating group) is 1. The minimum atomic E-state index is -0.506. The summed E-state index contributed by atoms with van der Waals surface area (Å²) >= 11 is 0. The quantitative estimate of drug-likeness (QED) is 0.659. The standard InChI is InChI=1S/C9H17NO3/c1-5-9(2,3)8(12)13-6-7(11)10-4/h5-6H2,1-4H3,(H,10,11). The van der Waals surface area contributed by atoms with E-state index in [0.29, 0.717) is 6.42 Å². The molecule has 0 rings (SSSR count). The summed E-state index contributed by atoms with van der Waals surface area (Å²) in [5, 5.41) is 2.37. The van der Waals surface area contributed by atoms with Crippen molar-refractivity contribution in [1.82, 2.24) is 5.32 Å². The summed E-state index contributed by atoms with van der Waals surface area (Å²) in [6, 6.07) is 0. The summed E-state index contributed by atoms with van der Waals surface area (Å²) < 4.78 is 4.80. The molecule has 1 amide bonds. The van der Waals surface area contributed by atoms with Crippen molar-refractivity contribution in [3.63, 3.8) is 0 Å². The zero-order valence-corrected chi connectivity index (χ0v) is 8.64. The summed E-state index contributed by atoms with van der Waals surface area (Å²) in [6.45, 7) is 5.29. The topological polar surface area (TPSA) is 55.4 Å². The predicted molar refractivity (Wildman–Crippen MR) is 49.1 cm³/mol. The molecule has 0 aliphatic heterocycles. The molecule has 0 aliphatic carbocycles. The lowest BCUT2D eigenvalue weighted by atomic mass is 9.91. The average Bonchev–Trinajstić information content (AvgIpc) is 2.13. The number of carbonyl (C=O) groups is 2. The molecular formula is C9H17NO3. The Morgan fingerprint density at radius 2 is 1.92 bits per heavy atom. The molecule has 0 atom stereocenters. The number of amides is 1. The molecule has 0 bridgehead atoms. The summed E-state index contributed by atoms with van der Waals surface area (Å²) in [6.07, 6.45) is 0.694. The lowest BCUT2D eigenvalue weighted by Gasteiger charge is -2.19. The van der Waals surface area contributed by atoms with E-state index in [2.05, 4.69) is 5.32 Å². The Morgan fingerprint density at radius 1 is 1.38 bits per heavy atom. The zero-order valence-electron chi connectivity index (χ0n) is 8.64. The maximum absolute atomic E-state index is 11.3. The first-order valence-corrected chi connectivity index (χ1v) is 4.32. The van der Waals surface area contributed by atoms with Crippen LogP contribution in [0.25, 0.3) is 0 Å². The van der Waals surface area contributed by atoms with Gasteiger partial charge in [0.2, 0.25) is 0 Å². The molecule has 0 aliphatic rings. The molecular weight excluding hydrogens is 170 g/mol. The molecule has 0 aromatic carbocycles. The van der Waals surface area contributed by atoms with Gasteiger partial charge in [0, 0.05) is 7.05 Å². The maximum Gasteiger partial charge on any atom is 0.312 e. The number of esters is 1. The van der Waals surface area contributed by atoms with Crippen molar-refractivity contribution in [3.05, 3.63) is 0 Å². The minimum absolute atomic E-state index is 0.196. The van der Waals surface area contributed by atoms with Gasteiger partial charge in [-0.05, 0) is 20.3 Å². The van der Waals surface area contributed by atoms with E-state index in [-0.39, 0.29) is 18.5 Å². The van der Waals surface area contributed by atoms with Gasteiger partial charge in [0.05, 0.1) is 5.41 Å². The second kappa shape index (κ2) is 4.84. The van der Waals surface area contributed by atoms with Gasteiger partial charge < -0.3 is 10.1 Å². The van der Waals surface area contributed by atoms with Gasteiger partial charge in [0.15, 0.2) is 6.61 Å². The largest absolute Gasteiger partial charge is 0.455 e. The number of hydrogen-bond donors (Lipinski definition) is 1. The molecule has 0 aromatic rings. The van der Waals surface area contributed by atoms with Gasteiger partial charge in [-0.15, -0.1) is 0 Å². The predicted octanol–water partition coefficient (Wildman–Crippen LogP) is 0.712. The van der Waals surface area contributed by atoms with Crippen LogP contribution in [0.3, 0.4) is 0 Å². The fourth-order valence-electron chi connectivity index (χ4n) is 0.543. The Hall–Kier alpha value is -1.06. The van der Waals surface area contributed by atoms with Crippen LogP contribution in [0, 0.1) is 5.41 Å². The molecule has 0 radical (unpaired) electrons. The average molecular weight is 187 g/mol. The third-order valence-corrected chi connectivity index (χ3v) is 2.05. The van der Waals surface area contributed by atoms with Crippen LogP contribution in [0.4, 0.5) is 0 Å². The van der Waals surface area contributed by atoms with Crippen LogP contribution < -0.4 is 5.32 Å². The number of rotatable bonds is 4. The first-order chi connectivity index (χ1) is 5.94. The van der Waals surface area contributed by atoms with Crippen molar-refractivity contribution in [2.75, 3.05) is 13.7 Å². The molecule has 0 aromatic heterocycles. The van der Waals surface area contributed by atoms with Crippen LogP contribution >= 0.6 is 0 Å². The summed E-state index contributed by atoms with van der Waals surface area (Å²) in [5.41, 5.74) is -0.506. The Bertz CT molecular complexity index is 199. The Morgan fingerprint density at radius 3 is 2.31 bits per heavy atom. The normalized spacial score (nSPS) is 10.8. The lowest BCUT2D eigenvalue weighted by Crippen LogP contribution is -2.31.